The van der Waals surface area contributed by atoms with Crippen molar-refractivity contribution in [3.63, 3.8) is 0 Å². The predicted octanol–water partition coefficient (Wildman–Crippen LogP) is 4.42. The average molecular weight is 365 g/mol. The van der Waals surface area contributed by atoms with E-state index in [1.807, 2.05) is 11.8 Å². The summed E-state index contributed by atoms with van der Waals surface area (Å²) in [5, 5.41) is 8.95. The maximum Gasteiger partial charge on any atom is 0.335 e. The molecular weight excluding hydrogens is 352 g/mol. The number of thioether (sulfide) groups is 1. The number of carbonyl (C=O) groups is 1. The highest BCUT2D eigenvalue weighted by Gasteiger charge is 2.23. The number of hydrogen-bond donors (Lipinski definition) is 1. The first-order valence-electron chi connectivity index (χ1n) is 6.52. The molecule has 0 saturated heterocycles. The minimum absolute atomic E-state index is 0.246. The average Bonchev–Trinajstić information content (AvgIpc) is 2.89. The Kier molecular flexibility index (Phi) is 4.22. The van der Waals surface area contributed by atoms with E-state index in [9.17, 15) is 4.79 Å². The summed E-state index contributed by atoms with van der Waals surface area (Å²) in [6.07, 6.45) is 0. The third-order valence-electron chi connectivity index (χ3n) is 3.42. The number of halogens is 1. The fraction of sp³-hybridized carbons (Fsp3) is 0.188. The topological polar surface area (TPSA) is 46.5 Å². The van der Waals surface area contributed by atoms with Gasteiger partial charge in [-0.1, -0.05) is 18.2 Å². The molecule has 1 atom stereocenters. The van der Waals surface area contributed by atoms with Gasteiger partial charge in [-0.2, -0.15) is 0 Å². The van der Waals surface area contributed by atoms with E-state index in [1.165, 1.54) is 10.5 Å². The standard InChI is InChI=1S/C16H13BrO3S/c17-13-7-10(16(18)19)5-6-14(13)20-8-11-9-21-15-4-2-1-3-12(11)15/h1-7,11H,8-9H2,(H,18,19). The number of hydrogen-bond acceptors (Lipinski definition) is 3. The molecule has 0 aromatic heterocycles. The molecule has 0 aliphatic carbocycles. The van der Waals surface area contributed by atoms with Gasteiger partial charge in [0.2, 0.25) is 0 Å². The zero-order chi connectivity index (χ0) is 14.8. The van der Waals surface area contributed by atoms with Crippen LogP contribution >= 0.6 is 27.7 Å². The molecular formula is C16H13BrO3S. The Morgan fingerprint density at radius 3 is 2.90 bits per heavy atom. The second kappa shape index (κ2) is 6.12. The number of carboxylic acid groups (broad SMARTS) is 1. The molecule has 0 saturated carbocycles. The molecule has 1 aliphatic heterocycles. The monoisotopic (exact) mass is 364 g/mol. The van der Waals surface area contributed by atoms with Crippen LogP contribution in [0.4, 0.5) is 0 Å². The smallest absolute Gasteiger partial charge is 0.335 e. The Morgan fingerprint density at radius 1 is 1.33 bits per heavy atom. The van der Waals surface area contributed by atoms with Gasteiger partial charge >= 0.3 is 5.97 Å². The molecule has 0 spiro atoms. The molecule has 2 aromatic rings. The second-order valence-electron chi connectivity index (χ2n) is 4.81. The Morgan fingerprint density at radius 2 is 2.14 bits per heavy atom. The fourth-order valence-corrected chi connectivity index (χ4v) is 4.03. The van der Waals surface area contributed by atoms with Crippen molar-refractivity contribution in [3.8, 4) is 5.75 Å². The van der Waals surface area contributed by atoms with Gasteiger partial charge in [-0.15, -0.1) is 11.8 Å². The number of rotatable bonds is 4. The van der Waals surface area contributed by atoms with E-state index in [0.717, 1.165) is 5.75 Å². The van der Waals surface area contributed by atoms with E-state index in [4.69, 9.17) is 9.84 Å². The molecule has 1 heterocycles. The lowest BCUT2D eigenvalue weighted by molar-refractivity contribution is 0.0696. The van der Waals surface area contributed by atoms with Gasteiger partial charge in [0, 0.05) is 16.6 Å². The van der Waals surface area contributed by atoms with Crippen LogP contribution in [0.2, 0.25) is 0 Å². The fourth-order valence-electron chi connectivity index (χ4n) is 2.31. The van der Waals surface area contributed by atoms with Crippen LogP contribution in [0.3, 0.4) is 0 Å². The quantitative estimate of drug-likeness (QED) is 0.872. The van der Waals surface area contributed by atoms with E-state index in [1.54, 1.807) is 18.2 Å². The zero-order valence-electron chi connectivity index (χ0n) is 11.1. The first-order chi connectivity index (χ1) is 10.1. The lowest BCUT2D eigenvalue weighted by Gasteiger charge is -2.14. The van der Waals surface area contributed by atoms with E-state index in [2.05, 4.69) is 40.2 Å². The summed E-state index contributed by atoms with van der Waals surface area (Å²) in [5.74, 6) is 1.12. The summed E-state index contributed by atoms with van der Waals surface area (Å²) in [5.41, 5.74) is 1.58. The van der Waals surface area contributed by atoms with E-state index in [0.29, 0.717) is 22.7 Å². The second-order valence-corrected chi connectivity index (χ2v) is 6.72. The van der Waals surface area contributed by atoms with Gasteiger partial charge in [0.05, 0.1) is 16.6 Å². The van der Waals surface area contributed by atoms with Gasteiger partial charge in [0.1, 0.15) is 5.75 Å². The molecule has 108 valence electrons. The van der Waals surface area contributed by atoms with Crippen LogP contribution in [0, 0.1) is 0 Å². The van der Waals surface area contributed by atoms with E-state index >= 15 is 0 Å². The van der Waals surface area contributed by atoms with Crippen LogP contribution in [0.5, 0.6) is 5.75 Å². The highest BCUT2D eigenvalue weighted by atomic mass is 79.9. The summed E-state index contributed by atoms with van der Waals surface area (Å²) in [6.45, 7) is 0.592. The normalized spacial score (nSPS) is 16.5. The van der Waals surface area contributed by atoms with Gasteiger partial charge in [0.25, 0.3) is 0 Å². The van der Waals surface area contributed by atoms with Crippen molar-refractivity contribution in [3.05, 3.63) is 58.1 Å². The van der Waals surface area contributed by atoms with Crippen LogP contribution in [0.1, 0.15) is 21.8 Å². The highest BCUT2D eigenvalue weighted by molar-refractivity contribution is 9.10. The zero-order valence-corrected chi connectivity index (χ0v) is 13.5. The van der Waals surface area contributed by atoms with Crippen molar-refractivity contribution in [2.45, 2.75) is 10.8 Å². The molecule has 3 nitrogen and oxygen atoms in total. The number of carboxylic acids is 1. The Hall–Kier alpha value is -1.46. The molecule has 0 bridgehead atoms. The summed E-state index contributed by atoms with van der Waals surface area (Å²) < 4.78 is 6.53. The molecule has 5 heteroatoms. The van der Waals surface area contributed by atoms with Gasteiger partial charge < -0.3 is 9.84 Å². The molecule has 0 fully saturated rings. The molecule has 1 unspecified atom stereocenters. The van der Waals surface area contributed by atoms with E-state index < -0.39 is 5.97 Å². The van der Waals surface area contributed by atoms with Crippen LogP contribution in [-0.4, -0.2) is 23.4 Å². The largest absolute Gasteiger partial charge is 0.492 e. The van der Waals surface area contributed by atoms with Crippen molar-refractivity contribution >= 4 is 33.7 Å². The molecule has 21 heavy (non-hydrogen) atoms. The first-order valence-corrected chi connectivity index (χ1v) is 8.30. The summed E-state index contributed by atoms with van der Waals surface area (Å²) in [6, 6.07) is 13.2. The lowest BCUT2D eigenvalue weighted by atomic mass is 10.0. The van der Waals surface area contributed by atoms with Gasteiger partial charge in [-0.25, -0.2) is 4.79 Å². The highest BCUT2D eigenvalue weighted by Crippen LogP contribution is 2.39. The van der Waals surface area contributed by atoms with Crippen LogP contribution in [-0.2, 0) is 0 Å². The predicted molar refractivity (Wildman–Crippen MR) is 86.5 cm³/mol. The third-order valence-corrected chi connectivity index (χ3v) is 5.29. The maximum absolute atomic E-state index is 10.9. The number of ether oxygens (including phenoxy) is 1. The lowest BCUT2D eigenvalue weighted by Crippen LogP contribution is -2.10. The van der Waals surface area contributed by atoms with Crippen LogP contribution in [0.15, 0.2) is 51.8 Å². The Balaban J connectivity index is 1.70. The molecule has 3 rings (SSSR count). The Labute approximate surface area is 135 Å². The maximum atomic E-state index is 10.9. The van der Waals surface area contributed by atoms with Gasteiger partial charge in [-0.05, 0) is 45.8 Å². The van der Waals surface area contributed by atoms with Crippen LogP contribution in [0.25, 0.3) is 0 Å². The summed E-state index contributed by atoms with van der Waals surface area (Å²) in [4.78, 5) is 12.2. The van der Waals surface area contributed by atoms with Gasteiger partial charge in [0.15, 0.2) is 0 Å². The minimum Gasteiger partial charge on any atom is -0.492 e. The first kappa shape index (κ1) is 14.5. The molecule has 1 aliphatic rings. The number of benzene rings is 2. The van der Waals surface area contributed by atoms with Crippen molar-refractivity contribution in [2.24, 2.45) is 0 Å². The molecule has 0 amide bonds. The SMILES string of the molecule is O=C(O)c1ccc(OCC2CSc3ccccc32)c(Br)c1. The number of fused-ring (bicyclic) bond motifs is 1. The molecule has 2 aromatic carbocycles. The number of aromatic carboxylic acids is 1. The van der Waals surface area contributed by atoms with Crippen molar-refractivity contribution in [1.29, 1.82) is 0 Å². The van der Waals surface area contributed by atoms with Crippen LogP contribution < -0.4 is 4.74 Å². The molecule has 0 radical (unpaired) electrons. The van der Waals surface area contributed by atoms with Crippen molar-refractivity contribution < 1.29 is 14.6 Å². The summed E-state index contributed by atoms with van der Waals surface area (Å²) >= 11 is 5.22. The van der Waals surface area contributed by atoms with Gasteiger partial charge in [-0.3, -0.25) is 0 Å². The van der Waals surface area contributed by atoms with E-state index in [-0.39, 0.29) is 5.56 Å². The Bertz CT molecular complexity index is 687. The molecule has 1 N–H and O–H groups in total. The van der Waals surface area contributed by atoms with Crippen molar-refractivity contribution in [2.75, 3.05) is 12.4 Å². The summed E-state index contributed by atoms with van der Waals surface area (Å²) in [7, 11) is 0. The minimum atomic E-state index is -0.941. The third kappa shape index (κ3) is 3.09. The van der Waals surface area contributed by atoms with Crippen molar-refractivity contribution in [1.82, 2.24) is 0 Å².